The third-order valence-corrected chi connectivity index (χ3v) is 5.07. The summed E-state index contributed by atoms with van der Waals surface area (Å²) in [5, 5.41) is 0. The highest BCUT2D eigenvalue weighted by atomic mass is 19.3. The number of aromatic nitrogens is 2. The molecule has 3 rings (SSSR count). The third-order valence-electron chi connectivity index (χ3n) is 5.07. The predicted octanol–water partition coefficient (Wildman–Crippen LogP) is 4.01. The van der Waals surface area contributed by atoms with E-state index in [1.54, 1.807) is 6.92 Å². The summed E-state index contributed by atoms with van der Waals surface area (Å²) in [6.45, 7) is 2.85. The summed E-state index contributed by atoms with van der Waals surface area (Å²) >= 11 is 0. The van der Waals surface area contributed by atoms with Crippen LogP contribution in [0, 0.1) is 17.6 Å². The van der Waals surface area contributed by atoms with Gasteiger partial charge in [-0.1, -0.05) is 6.92 Å². The largest absolute Gasteiger partial charge is 0.484 e. The van der Waals surface area contributed by atoms with Crippen molar-refractivity contribution in [1.82, 2.24) is 9.55 Å². The van der Waals surface area contributed by atoms with Gasteiger partial charge in [0.2, 0.25) is 0 Å². The van der Waals surface area contributed by atoms with Crippen LogP contribution < -0.4 is 9.47 Å². The minimum absolute atomic E-state index is 0.0745. The number of ether oxygens (including phenoxy) is 4. The van der Waals surface area contributed by atoms with E-state index in [1.807, 2.05) is 6.92 Å². The molecule has 0 amide bonds. The van der Waals surface area contributed by atoms with Crippen LogP contribution in [0.3, 0.4) is 0 Å². The Kier molecular flexibility index (Phi) is 7.94. The molecular formula is C21H26F4N2O5. The van der Waals surface area contributed by atoms with Crippen LogP contribution in [0.5, 0.6) is 11.8 Å². The number of ketones is 1. The highest BCUT2D eigenvalue weighted by Crippen LogP contribution is 2.32. The van der Waals surface area contributed by atoms with E-state index in [1.165, 1.54) is 11.6 Å². The van der Waals surface area contributed by atoms with Gasteiger partial charge in [0.15, 0.2) is 23.7 Å². The van der Waals surface area contributed by atoms with Crippen molar-refractivity contribution in [3.63, 3.8) is 0 Å². The molecule has 0 N–H and O–H groups in total. The standard InChI is InChI=1S/C21H26F4N2O5/c1-11(6-12(2)28)4-5-17-30-8-13(9-31-17)32-21-26-19-14(22)7-15(29-10-16(23)24)18(25)20(19)27(21)3/h7,11,13,16-17H,4-6,8-10H2,1-3H3/t11-,13?,17?/m0/s1. The Balaban J connectivity index is 1.62. The Labute approximate surface area is 182 Å². The summed E-state index contributed by atoms with van der Waals surface area (Å²) in [5.41, 5.74) is -0.571. The molecule has 1 aromatic heterocycles. The Hall–Kier alpha value is -2.40. The Bertz CT molecular complexity index is 944. The second kappa shape index (κ2) is 10.5. The summed E-state index contributed by atoms with van der Waals surface area (Å²) in [4.78, 5) is 15.2. The monoisotopic (exact) mass is 462 g/mol. The topological polar surface area (TPSA) is 71.8 Å². The number of aryl methyl sites for hydroxylation is 1. The van der Waals surface area contributed by atoms with Crippen LogP contribution >= 0.6 is 0 Å². The molecule has 0 saturated carbocycles. The van der Waals surface area contributed by atoms with Gasteiger partial charge in [-0.3, -0.25) is 4.57 Å². The van der Waals surface area contributed by atoms with Gasteiger partial charge < -0.3 is 23.7 Å². The highest BCUT2D eigenvalue weighted by molar-refractivity contribution is 5.80. The quantitative estimate of drug-likeness (QED) is 0.497. The molecule has 0 unspecified atom stereocenters. The Morgan fingerprint density at radius 2 is 2.00 bits per heavy atom. The molecule has 7 nitrogen and oxygen atoms in total. The first-order valence-corrected chi connectivity index (χ1v) is 10.3. The average Bonchev–Trinajstić information content (AvgIpc) is 3.05. The van der Waals surface area contributed by atoms with Gasteiger partial charge in [0.25, 0.3) is 12.4 Å². The fraction of sp³-hybridized carbons (Fsp3) is 0.619. The number of imidazole rings is 1. The summed E-state index contributed by atoms with van der Waals surface area (Å²) in [6, 6.07) is 0.607. The second-order valence-electron chi connectivity index (χ2n) is 7.95. The number of Topliss-reactive ketones (excluding diaryl/α,β-unsaturated/α-hetero) is 1. The molecule has 1 atom stereocenters. The number of nitrogens with zero attached hydrogens (tertiary/aromatic N) is 2. The zero-order chi connectivity index (χ0) is 23.4. The normalized spacial score (nSPS) is 20.0. The SMILES string of the molecule is CC(=O)C[C@@H](C)CCC1OCC(Oc2nc3c(F)cc(OCC(F)F)c(F)c3n2C)CO1. The zero-order valence-corrected chi connectivity index (χ0v) is 18.1. The average molecular weight is 462 g/mol. The van der Waals surface area contributed by atoms with Gasteiger partial charge in [0.1, 0.15) is 29.5 Å². The lowest BCUT2D eigenvalue weighted by molar-refractivity contribution is -0.215. The fourth-order valence-corrected chi connectivity index (χ4v) is 3.55. The summed E-state index contributed by atoms with van der Waals surface area (Å²) in [7, 11) is 1.41. The minimum atomic E-state index is -2.83. The first kappa shape index (κ1) is 24.2. The van der Waals surface area contributed by atoms with E-state index in [2.05, 4.69) is 9.72 Å². The van der Waals surface area contributed by atoms with Crippen molar-refractivity contribution in [2.45, 2.75) is 51.9 Å². The maximum atomic E-state index is 14.7. The van der Waals surface area contributed by atoms with E-state index < -0.39 is 42.8 Å². The van der Waals surface area contributed by atoms with Crippen molar-refractivity contribution in [3.05, 3.63) is 17.7 Å². The number of alkyl halides is 2. The molecule has 1 aromatic carbocycles. The van der Waals surface area contributed by atoms with Gasteiger partial charge in [-0.2, -0.15) is 4.98 Å². The van der Waals surface area contributed by atoms with Gasteiger partial charge in [-0.15, -0.1) is 0 Å². The number of hydrogen-bond acceptors (Lipinski definition) is 6. The molecule has 2 aromatic rings. The van der Waals surface area contributed by atoms with Crippen molar-refractivity contribution in [1.29, 1.82) is 0 Å². The van der Waals surface area contributed by atoms with Crippen molar-refractivity contribution in [3.8, 4) is 11.8 Å². The van der Waals surface area contributed by atoms with E-state index in [9.17, 15) is 22.4 Å². The van der Waals surface area contributed by atoms with E-state index >= 15 is 0 Å². The molecule has 11 heteroatoms. The third kappa shape index (κ3) is 5.89. The van der Waals surface area contributed by atoms with E-state index in [4.69, 9.17) is 14.2 Å². The van der Waals surface area contributed by atoms with E-state index in [-0.39, 0.29) is 42.0 Å². The first-order chi connectivity index (χ1) is 15.2. The maximum absolute atomic E-state index is 14.7. The molecule has 1 aliphatic heterocycles. The molecule has 0 aliphatic carbocycles. The van der Waals surface area contributed by atoms with Gasteiger partial charge in [0.05, 0.1) is 13.2 Å². The molecule has 1 saturated heterocycles. The molecule has 0 radical (unpaired) electrons. The highest BCUT2D eigenvalue weighted by Gasteiger charge is 2.27. The molecular weight excluding hydrogens is 436 g/mol. The lowest BCUT2D eigenvalue weighted by Gasteiger charge is -2.29. The van der Waals surface area contributed by atoms with Crippen LogP contribution in [0.4, 0.5) is 17.6 Å². The van der Waals surface area contributed by atoms with Gasteiger partial charge in [-0.25, -0.2) is 17.6 Å². The van der Waals surface area contributed by atoms with Crippen LogP contribution in [0.1, 0.15) is 33.1 Å². The number of carbonyl (C=O) groups excluding carboxylic acids is 1. The Morgan fingerprint density at radius 3 is 2.62 bits per heavy atom. The molecule has 1 aliphatic rings. The molecule has 32 heavy (non-hydrogen) atoms. The summed E-state index contributed by atoms with van der Waals surface area (Å²) in [6.07, 6.45) is -1.90. The van der Waals surface area contributed by atoms with Crippen LogP contribution in [0.2, 0.25) is 0 Å². The predicted molar refractivity (Wildman–Crippen MR) is 106 cm³/mol. The second-order valence-corrected chi connectivity index (χ2v) is 7.95. The van der Waals surface area contributed by atoms with Crippen molar-refractivity contribution in [2.24, 2.45) is 13.0 Å². The number of benzene rings is 1. The Morgan fingerprint density at radius 1 is 1.31 bits per heavy atom. The van der Waals surface area contributed by atoms with Gasteiger partial charge in [0, 0.05) is 19.5 Å². The van der Waals surface area contributed by atoms with Gasteiger partial charge in [-0.05, 0) is 25.7 Å². The molecule has 0 spiro atoms. The lowest BCUT2D eigenvalue weighted by Crippen LogP contribution is -2.39. The van der Waals surface area contributed by atoms with Crippen LogP contribution in [0.15, 0.2) is 6.07 Å². The molecule has 0 bridgehead atoms. The molecule has 2 heterocycles. The van der Waals surface area contributed by atoms with Crippen molar-refractivity contribution < 1.29 is 41.3 Å². The summed E-state index contributed by atoms with van der Waals surface area (Å²) in [5.74, 6) is -2.20. The first-order valence-electron chi connectivity index (χ1n) is 10.3. The van der Waals surface area contributed by atoms with Crippen LogP contribution in [-0.2, 0) is 21.3 Å². The van der Waals surface area contributed by atoms with Crippen molar-refractivity contribution in [2.75, 3.05) is 19.8 Å². The maximum Gasteiger partial charge on any atom is 0.297 e. The zero-order valence-electron chi connectivity index (χ0n) is 18.1. The van der Waals surface area contributed by atoms with Gasteiger partial charge >= 0.3 is 0 Å². The summed E-state index contributed by atoms with van der Waals surface area (Å²) < 4.78 is 76.6. The van der Waals surface area contributed by atoms with E-state index in [0.29, 0.717) is 18.9 Å². The minimum Gasteiger partial charge on any atom is -0.484 e. The fourth-order valence-electron chi connectivity index (χ4n) is 3.55. The van der Waals surface area contributed by atoms with Crippen LogP contribution in [0.25, 0.3) is 11.0 Å². The number of fused-ring (bicyclic) bond motifs is 1. The molecule has 1 fully saturated rings. The van der Waals surface area contributed by atoms with E-state index in [0.717, 1.165) is 6.42 Å². The smallest absolute Gasteiger partial charge is 0.297 e. The number of hydrogen-bond donors (Lipinski definition) is 0. The molecule has 178 valence electrons. The lowest BCUT2D eigenvalue weighted by atomic mass is 9.99. The van der Waals surface area contributed by atoms with Crippen LogP contribution in [-0.4, -0.2) is 54.0 Å². The number of carbonyl (C=O) groups is 1. The number of rotatable bonds is 10. The number of halogens is 4. The van der Waals surface area contributed by atoms with Crippen molar-refractivity contribution >= 4 is 16.8 Å².